The zero-order chi connectivity index (χ0) is 19.9. The van der Waals surface area contributed by atoms with Crippen LogP contribution in [0.5, 0.6) is 5.75 Å². The Balaban J connectivity index is 0.00000300. The molecule has 1 aromatic rings. The van der Waals surface area contributed by atoms with E-state index in [2.05, 4.69) is 32.7 Å². The van der Waals surface area contributed by atoms with Crippen LogP contribution in [0.1, 0.15) is 24.8 Å². The van der Waals surface area contributed by atoms with Gasteiger partial charge in [0.15, 0.2) is 5.96 Å². The minimum absolute atomic E-state index is 0. The van der Waals surface area contributed by atoms with Crippen molar-refractivity contribution in [3.8, 4) is 5.75 Å². The molecule has 29 heavy (non-hydrogen) atoms. The lowest BCUT2D eigenvalue weighted by Crippen LogP contribution is -2.45. The monoisotopic (exact) mass is 515 g/mol. The number of rotatable bonds is 7. The normalized spacial score (nSPS) is 21.1. The Kier molecular flexibility index (Phi) is 9.48. The Morgan fingerprint density at radius 3 is 2.83 bits per heavy atom. The molecule has 7 nitrogen and oxygen atoms in total. The lowest BCUT2D eigenvalue weighted by molar-refractivity contribution is -0.133. The summed E-state index contributed by atoms with van der Waals surface area (Å²) in [5.74, 6) is 2.01. The Morgan fingerprint density at radius 1 is 1.31 bits per heavy atom. The molecule has 0 bridgehead atoms. The number of ether oxygens (including phenoxy) is 1. The standard InChI is InChI=1S/C21H33N5O2.HI/c1-22-21(24-15-17-14-16-8-4-5-10-19(16)28-17)23-11-7-13-26-12-6-9-18(26)20(27)25(2)3;/h4-5,8,10,17-18H,6-7,9,11-15H2,1-3H3,(H2,22,23,24);1H. The van der Waals surface area contributed by atoms with Gasteiger partial charge in [-0.05, 0) is 37.4 Å². The predicted molar refractivity (Wildman–Crippen MR) is 127 cm³/mol. The first-order valence-electron chi connectivity index (χ1n) is 10.2. The number of nitrogens with one attached hydrogen (secondary N) is 2. The van der Waals surface area contributed by atoms with Gasteiger partial charge in [0.25, 0.3) is 0 Å². The maximum absolute atomic E-state index is 12.3. The summed E-state index contributed by atoms with van der Waals surface area (Å²) in [5, 5.41) is 6.72. The fourth-order valence-corrected chi connectivity index (χ4v) is 3.96. The molecule has 2 N–H and O–H groups in total. The van der Waals surface area contributed by atoms with E-state index in [4.69, 9.17) is 4.74 Å². The predicted octanol–water partition coefficient (Wildman–Crippen LogP) is 1.72. The highest BCUT2D eigenvalue weighted by atomic mass is 127. The Labute approximate surface area is 191 Å². The minimum Gasteiger partial charge on any atom is -0.488 e. The third-order valence-electron chi connectivity index (χ3n) is 5.44. The number of guanidine groups is 1. The number of para-hydroxylation sites is 1. The largest absolute Gasteiger partial charge is 0.488 e. The zero-order valence-corrected chi connectivity index (χ0v) is 20.0. The Morgan fingerprint density at radius 2 is 2.10 bits per heavy atom. The highest BCUT2D eigenvalue weighted by molar-refractivity contribution is 14.0. The van der Waals surface area contributed by atoms with E-state index in [-0.39, 0.29) is 42.0 Å². The highest BCUT2D eigenvalue weighted by Gasteiger charge is 2.31. The lowest BCUT2D eigenvalue weighted by Gasteiger charge is -2.26. The zero-order valence-electron chi connectivity index (χ0n) is 17.7. The summed E-state index contributed by atoms with van der Waals surface area (Å²) >= 11 is 0. The van der Waals surface area contributed by atoms with Crippen LogP contribution in [0.3, 0.4) is 0 Å². The maximum atomic E-state index is 12.3. The van der Waals surface area contributed by atoms with Crippen molar-refractivity contribution >= 4 is 35.8 Å². The summed E-state index contributed by atoms with van der Waals surface area (Å²) in [4.78, 5) is 20.6. The number of fused-ring (bicyclic) bond motifs is 1. The van der Waals surface area contributed by atoms with Crippen molar-refractivity contribution < 1.29 is 9.53 Å². The fourth-order valence-electron chi connectivity index (χ4n) is 3.96. The molecule has 8 heteroatoms. The van der Waals surface area contributed by atoms with Crippen LogP contribution in [0.15, 0.2) is 29.3 Å². The second kappa shape index (κ2) is 11.6. The Hall–Kier alpha value is -1.55. The van der Waals surface area contributed by atoms with Gasteiger partial charge in [0.2, 0.25) is 5.91 Å². The molecular weight excluding hydrogens is 481 g/mol. The second-order valence-electron chi connectivity index (χ2n) is 7.71. The molecule has 2 heterocycles. The third kappa shape index (κ3) is 6.47. The summed E-state index contributed by atoms with van der Waals surface area (Å²) in [6.45, 7) is 3.48. The van der Waals surface area contributed by atoms with Crippen molar-refractivity contribution in [3.63, 3.8) is 0 Å². The van der Waals surface area contributed by atoms with Crippen LogP contribution in [0, 0.1) is 0 Å². The highest BCUT2D eigenvalue weighted by Crippen LogP contribution is 2.27. The smallest absolute Gasteiger partial charge is 0.239 e. The van der Waals surface area contributed by atoms with Crippen LogP contribution >= 0.6 is 24.0 Å². The van der Waals surface area contributed by atoms with Gasteiger partial charge in [0.1, 0.15) is 11.9 Å². The molecule has 162 valence electrons. The van der Waals surface area contributed by atoms with Crippen molar-refractivity contribution in [1.82, 2.24) is 20.4 Å². The molecule has 2 atom stereocenters. The number of aliphatic imine (C=N–C) groups is 1. The fraction of sp³-hybridized carbons (Fsp3) is 0.619. The van der Waals surface area contributed by atoms with Gasteiger partial charge in [-0.2, -0.15) is 0 Å². The number of hydrogen-bond acceptors (Lipinski definition) is 4. The van der Waals surface area contributed by atoms with Crippen LogP contribution in [0.25, 0.3) is 0 Å². The number of carbonyl (C=O) groups is 1. The van der Waals surface area contributed by atoms with Gasteiger partial charge in [0.05, 0.1) is 12.6 Å². The average molecular weight is 515 g/mol. The molecule has 1 fully saturated rings. The third-order valence-corrected chi connectivity index (χ3v) is 5.44. The first-order valence-corrected chi connectivity index (χ1v) is 10.2. The van der Waals surface area contributed by atoms with Gasteiger partial charge < -0.3 is 20.3 Å². The molecular formula is C21H34IN5O2. The SMILES string of the molecule is CN=C(NCCCN1CCCC1C(=O)N(C)C)NCC1Cc2ccccc2O1.I. The molecule has 1 aromatic carbocycles. The van der Waals surface area contributed by atoms with Gasteiger partial charge in [0, 0.05) is 40.7 Å². The molecule has 2 aliphatic rings. The number of carbonyl (C=O) groups excluding carboxylic acids is 1. The molecule has 1 amide bonds. The number of amides is 1. The molecule has 2 aliphatic heterocycles. The van der Waals surface area contributed by atoms with E-state index in [1.807, 2.05) is 26.2 Å². The van der Waals surface area contributed by atoms with E-state index in [0.29, 0.717) is 0 Å². The van der Waals surface area contributed by atoms with Gasteiger partial charge in [-0.25, -0.2) is 0 Å². The van der Waals surface area contributed by atoms with Crippen LogP contribution in [0.2, 0.25) is 0 Å². The van der Waals surface area contributed by atoms with Gasteiger partial charge in [-0.15, -0.1) is 24.0 Å². The van der Waals surface area contributed by atoms with Crippen molar-refractivity contribution in [2.24, 2.45) is 4.99 Å². The molecule has 0 aromatic heterocycles. The number of hydrogen-bond donors (Lipinski definition) is 2. The van der Waals surface area contributed by atoms with E-state index in [9.17, 15) is 4.79 Å². The van der Waals surface area contributed by atoms with E-state index >= 15 is 0 Å². The van der Waals surface area contributed by atoms with Gasteiger partial charge in [-0.1, -0.05) is 18.2 Å². The summed E-state index contributed by atoms with van der Waals surface area (Å²) in [6.07, 6.45) is 4.11. The number of likely N-dealkylation sites (tertiary alicyclic amines) is 1. The second-order valence-corrected chi connectivity index (χ2v) is 7.71. The quantitative estimate of drug-likeness (QED) is 0.251. The van der Waals surface area contributed by atoms with Crippen LogP contribution in [-0.2, 0) is 11.2 Å². The van der Waals surface area contributed by atoms with E-state index in [0.717, 1.165) is 63.6 Å². The maximum Gasteiger partial charge on any atom is 0.239 e. The van der Waals surface area contributed by atoms with Crippen LogP contribution in [0.4, 0.5) is 0 Å². The molecule has 0 radical (unpaired) electrons. The molecule has 2 unspecified atom stereocenters. The first-order chi connectivity index (χ1) is 13.6. The van der Waals surface area contributed by atoms with E-state index in [1.165, 1.54) is 5.56 Å². The lowest BCUT2D eigenvalue weighted by atomic mass is 10.1. The number of nitrogens with zero attached hydrogens (tertiary/aromatic N) is 3. The summed E-state index contributed by atoms with van der Waals surface area (Å²) in [7, 11) is 5.46. The van der Waals surface area contributed by atoms with Crippen molar-refractivity contribution in [2.75, 3.05) is 47.3 Å². The molecule has 0 aliphatic carbocycles. The van der Waals surface area contributed by atoms with E-state index < -0.39 is 0 Å². The minimum atomic E-state index is 0. The Bertz CT molecular complexity index is 672. The molecule has 0 spiro atoms. The first kappa shape index (κ1) is 23.7. The average Bonchev–Trinajstić information content (AvgIpc) is 3.33. The number of halogens is 1. The molecule has 3 rings (SSSR count). The van der Waals surface area contributed by atoms with Crippen LogP contribution < -0.4 is 15.4 Å². The number of benzene rings is 1. The summed E-state index contributed by atoms with van der Waals surface area (Å²) < 4.78 is 5.96. The molecule has 1 saturated heterocycles. The van der Waals surface area contributed by atoms with Gasteiger partial charge >= 0.3 is 0 Å². The van der Waals surface area contributed by atoms with Crippen molar-refractivity contribution in [2.45, 2.75) is 37.8 Å². The molecule has 0 saturated carbocycles. The van der Waals surface area contributed by atoms with Gasteiger partial charge in [-0.3, -0.25) is 14.7 Å². The summed E-state index contributed by atoms with van der Waals surface area (Å²) in [5.41, 5.74) is 1.27. The number of likely N-dealkylation sites (N-methyl/N-ethyl adjacent to an activating group) is 1. The topological polar surface area (TPSA) is 69.2 Å². The van der Waals surface area contributed by atoms with Crippen molar-refractivity contribution in [3.05, 3.63) is 29.8 Å². The summed E-state index contributed by atoms with van der Waals surface area (Å²) in [6, 6.07) is 8.25. The van der Waals surface area contributed by atoms with Crippen molar-refractivity contribution in [1.29, 1.82) is 0 Å². The van der Waals surface area contributed by atoms with E-state index in [1.54, 1.807) is 11.9 Å². The van der Waals surface area contributed by atoms with Crippen LogP contribution in [-0.4, -0.2) is 81.1 Å².